The van der Waals surface area contributed by atoms with Crippen LogP contribution in [0.4, 0.5) is 30.2 Å². The Labute approximate surface area is 214 Å². The number of hydrogen-bond acceptors (Lipinski definition) is 6. The van der Waals surface area contributed by atoms with Crippen LogP contribution in [0, 0.1) is 17.0 Å². The molecule has 0 saturated heterocycles. The molecular weight excluding hydrogens is 539 g/mol. The number of benzene rings is 3. The standard InChI is InChI=1S/C23H19ClF3N3O6S/c1-14-3-9-18(12-19(14)30(32)33)37(34,35)29(20-11-16(24)6-10-21(20)36-2)13-22(31)28-17-7-4-15(5-8-17)23(25,26)27/h3-12H,13H2,1-2H3,(H,28,31). The van der Waals surface area contributed by atoms with Gasteiger partial charge in [0.1, 0.15) is 12.3 Å². The Balaban J connectivity index is 2.04. The molecule has 3 aromatic carbocycles. The summed E-state index contributed by atoms with van der Waals surface area (Å²) in [7, 11) is -3.35. The number of nitrogens with one attached hydrogen (secondary N) is 1. The molecule has 196 valence electrons. The topological polar surface area (TPSA) is 119 Å². The zero-order chi connectivity index (χ0) is 27.5. The van der Waals surface area contributed by atoms with Gasteiger partial charge in [0, 0.05) is 22.3 Å². The third-order valence-corrected chi connectivity index (χ3v) is 7.15. The summed E-state index contributed by atoms with van der Waals surface area (Å²) in [6, 6.07) is 10.8. The highest BCUT2D eigenvalue weighted by Gasteiger charge is 2.32. The molecule has 0 spiro atoms. The number of carbonyl (C=O) groups is 1. The van der Waals surface area contributed by atoms with Gasteiger partial charge >= 0.3 is 6.18 Å². The molecule has 0 heterocycles. The van der Waals surface area contributed by atoms with E-state index in [0.717, 1.165) is 36.4 Å². The molecule has 1 amide bonds. The van der Waals surface area contributed by atoms with E-state index >= 15 is 0 Å². The third-order valence-electron chi connectivity index (χ3n) is 5.16. The van der Waals surface area contributed by atoms with Gasteiger partial charge in [-0.2, -0.15) is 13.2 Å². The fourth-order valence-corrected chi connectivity index (χ4v) is 4.91. The molecule has 9 nitrogen and oxygen atoms in total. The first-order valence-electron chi connectivity index (χ1n) is 10.3. The molecule has 0 fully saturated rings. The molecular formula is C23H19ClF3N3O6S. The third kappa shape index (κ3) is 6.30. The summed E-state index contributed by atoms with van der Waals surface area (Å²) in [5.74, 6) is -0.885. The predicted octanol–water partition coefficient (Wildman–Crippen LogP) is 5.42. The van der Waals surface area contributed by atoms with Crippen molar-refractivity contribution in [2.24, 2.45) is 0 Å². The molecule has 3 rings (SSSR count). The van der Waals surface area contributed by atoms with E-state index in [1.807, 2.05) is 0 Å². The van der Waals surface area contributed by atoms with E-state index in [-0.39, 0.29) is 27.7 Å². The van der Waals surface area contributed by atoms with Crippen molar-refractivity contribution in [3.8, 4) is 5.75 Å². The number of nitro groups is 1. The van der Waals surface area contributed by atoms with Crippen LogP contribution in [0.15, 0.2) is 65.6 Å². The predicted molar refractivity (Wildman–Crippen MR) is 130 cm³/mol. The van der Waals surface area contributed by atoms with E-state index in [1.54, 1.807) is 0 Å². The minimum atomic E-state index is -4.61. The Morgan fingerprint density at radius 3 is 2.32 bits per heavy atom. The van der Waals surface area contributed by atoms with E-state index in [0.29, 0.717) is 4.31 Å². The van der Waals surface area contributed by atoms with Gasteiger partial charge in [0.2, 0.25) is 5.91 Å². The summed E-state index contributed by atoms with van der Waals surface area (Å²) in [6.07, 6.45) is -4.58. The lowest BCUT2D eigenvalue weighted by Crippen LogP contribution is -2.38. The average molecular weight is 558 g/mol. The molecule has 0 bridgehead atoms. The van der Waals surface area contributed by atoms with Gasteiger partial charge < -0.3 is 10.1 Å². The summed E-state index contributed by atoms with van der Waals surface area (Å²) >= 11 is 6.06. The van der Waals surface area contributed by atoms with Gasteiger partial charge in [-0.1, -0.05) is 17.7 Å². The fraction of sp³-hybridized carbons (Fsp3) is 0.174. The number of aryl methyl sites for hydroxylation is 1. The van der Waals surface area contributed by atoms with Crippen molar-refractivity contribution < 1.29 is 36.0 Å². The molecule has 0 saturated carbocycles. The normalized spacial score (nSPS) is 11.6. The first kappa shape index (κ1) is 27.7. The van der Waals surface area contributed by atoms with Gasteiger partial charge in [-0.05, 0) is 55.5 Å². The highest BCUT2D eigenvalue weighted by Crippen LogP contribution is 2.36. The van der Waals surface area contributed by atoms with E-state index in [2.05, 4.69) is 5.32 Å². The number of nitro benzene ring substituents is 1. The largest absolute Gasteiger partial charge is 0.495 e. The highest BCUT2D eigenvalue weighted by molar-refractivity contribution is 7.92. The Morgan fingerprint density at radius 1 is 1.11 bits per heavy atom. The van der Waals surface area contributed by atoms with Crippen LogP contribution >= 0.6 is 11.6 Å². The second-order valence-electron chi connectivity index (χ2n) is 7.66. The molecule has 37 heavy (non-hydrogen) atoms. The molecule has 0 aliphatic carbocycles. The van der Waals surface area contributed by atoms with E-state index in [4.69, 9.17) is 16.3 Å². The SMILES string of the molecule is COc1ccc(Cl)cc1N(CC(=O)Nc1ccc(C(F)(F)F)cc1)S(=O)(=O)c1ccc(C)c([N+](=O)[O-])c1. The number of carbonyl (C=O) groups excluding carboxylic acids is 1. The van der Waals surface area contributed by atoms with Crippen LogP contribution in [0.3, 0.4) is 0 Å². The Morgan fingerprint density at radius 2 is 1.76 bits per heavy atom. The Hall–Kier alpha value is -3.84. The van der Waals surface area contributed by atoms with E-state index < -0.39 is 49.7 Å². The molecule has 0 radical (unpaired) electrons. The second kappa shape index (κ2) is 10.6. The van der Waals surface area contributed by atoms with E-state index in [9.17, 15) is 36.5 Å². The fourth-order valence-electron chi connectivity index (χ4n) is 3.30. The smallest absolute Gasteiger partial charge is 0.416 e. The van der Waals surface area contributed by atoms with Crippen LogP contribution in [0.2, 0.25) is 5.02 Å². The van der Waals surface area contributed by atoms with Gasteiger partial charge in [0.25, 0.3) is 15.7 Å². The number of halogens is 4. The van der Waals surface area contributed by atoms with Crippen molar-refractivity contribution in [2.45, 2.75) is 18.0 Å². The minimum absolute atomic E-state index is 0.0145. The quantitative estimate of drug-likeness (QED) is 0.292. The van der Waals surface area contributed by atoms with Crippen LogP contribution in [0.1, 0.15) is 11.1 Å². The van der Waals surface area contributed by atoms with Crippen LogP contribution in [-0.2, 0) is 21.0 Å². The van der Waals surface area contributed by atoms with Gasteiger partial charge in [-0.25, -0.2) is 8.42 Å². The number of rotatable bonds is 8. The molecule has 1 N–H and O–H groups in total. The number of anilines is 2. The lowest BCUT2D eigenvalue weighted by atomic mass is 10.2. The number of alkyl halides is 3. The lowest BCUT2D eigenvalue weighted by Gasteiger charge is -2.26. The van der Waals surface area contributed by atoms with Crippen molar-refractivity contribution in [3.63, 3.8) is 0 Å². The van der Waals surface area contributed by atoms with E-state index in [1.165, 1.54) is 38.3 Å². The molecule has 0 atom stereocenters. The van der Waals surface area contributed by atoms with Crippen LogP contribution in [0.5, 0.6) is 5.75 Å². The van der Waals surface area contributed by atoms with Crippen molar-refractivity contribution in [2.75, 3.05) is 23.3 Å². The van der Waals surface area contributed by atoms with Gasteiger partial charge in [0.15, 0.2) is 0 Å². The molecule has 0 aliphatic rings. The van der Waals surface area contributed by atoms with Gasteiger partial charge in [-0.15, -0.1) is 0 Å². The van der Waals surface area contributed by atoms with Crippen LogP contribution < -0.4 is 14.4 Å². The average Bonchev–Trinajstić information content (AvgIpc) is 2.82. The van der Waals surface area contributed by atoms with Crippen LogP contribution in [0.25, 0.3) is 0 Å². The molecule has 3 aromatic rings. The van der Waals surface area contributed by atoms with Crippen LogP contribution in [-0.4, -0.2) is 32.9 Å². The lowest BCUT2D eigenvalue weighted by molar-refractivity contribution is -0.385. The maximum Gasteiger partial charge on any atom is 0.416 e. The number of nitrogens with zero attached hydrogens (tertiary/aromatic N) is 2. The zero-order valence-corrected chi connectivity index (χ0v) is 20.8. The first-order valence-corrected chi connectivity index (χ1v) is 12.1. The number of hydrogen-bond donors (Lipinski definition) is 1. The number of sulfonamides is 1. The Kier molecular flexibility index (Phi) is 7.98. The monoisotopic (exact) mass is 557 g/mol. The van der Waals surface area contributed by atoms with Crippen molar-refractivity contribution >= 4 is 44.6 Å². The molecule has 14 heteroatoms. The summed E-state index contributed by atoms with van der Waals surface area (Å²) < 4.78 is 71.6. The number of amides is 1. The summed E-state index contributed by atoms with van der Waals surface area (Å²) in [6.45, 7) is 0.575. The number of methoxy groups -OCH3 is 1. The van der Waals surface area contributed by atoms with Gasteiger partial charge in [-0.3, -0.25) is 19.2 Å². The van der Waals surface area contributed by atoms with Gasteiger partial charge in [0.05, 0.1) is 28.2 Å². The maximum absolute atomic E-state index is 13.6. The number of ether oxygens (including phenoxy) is 1. The molecule has 0 aliphatic heterocycles. The van der Waals surface area contributed by atoms with Crippen molar-refractivity contribution in [3.05, 3.63) is 86.9 Å². The molecule has 0 aromatic heterocycles. The maximum atomic E-state index is 13.6. The summed E-state index contributed by atoms with van der Waals surface area (Å²) in [5.41, 5.74) is -1.32. The minimum Gasteiger partial charge on any atom is -0.495 e. The highest BCUT2D eigenvalue weighted by atomic mass is 35.5. The van der Waals surface area contributed by atoms with Crippen molar-refractivity contribution in [1.29, 1.82) is 0 Å². The molecule has 0 unspecified atom stereocenters. The Bertz CT molecular complexity index is 1450. The zero-order valence-electron chi connectivity index (χ0n) is 19.2. The summed E-state index contributed by atoms with van der Waals surface area (Å²) in [5, 5.41) is 13.8. The summed E-state index contributed by atoms with van der Waals surface area (Å²) in [4.78, 5) is 23.0. The van der Waals surface area contributed by atoms with Crippen molar-refractivity contribution in [1.82, 2.24) is 0 Å². The second-order valence-corrected chi connectivity index (χ2v) is 9.96. The first-order chi connectivity index (χ1) is 17.2.